The molecule has 0 atom stereocenters. The summed E-state index contributed by atoms with van der Waals surface area (Å²) in [6, 6.07) is 12.4. The highest BCUT2D eigenvalue weighted by atomic mass is 79.9. The molecule has 0 aliphatic carbocycles. The molecule has 1 fully saturated rings. The van der Waals surface area contributed by atoms with E-state index in [1.54, 1.807) is 11.5 Å². The van der Waals surface area contributed by atoms with Crippen LogP contribution in [-0.4, -0.2) is 53.4 Å². The van der Waals surface area contributed by atoms with E-state index in [9.17, 15) is 4.79 Å². The number of hydrogen-bond acceptors (Lipinski definition) is 5. The number of carbonyl (C=O) groups is 1. The molecule has 1 saturated heterocycles. The summed E-state index contributed by atoms with van der Waals surface area (Å²) in [5.74, 6) is 0.0509. The first kappa shape index (κ1) is 23.0. The molecule has 0 radical (unpaired) electrons. The third kappa shape index (κ3) is 4.48. The summed E-state index contributed by atoms with van der Waals surface area (Å²) in [6.45, 7) is 5.09. The molecular formula is C21H24BrClN4O2S. The average molecular weight is 512 g/mol. The van der Waals surface area contributed by atoms with E-state index in [0.717, 1.165) is 66.5 Å². The maximum atomic E-state index is 11.6. The van der Waals surface area contributed by atoms with Crippen molar-refractivity contribution in [1.82, 2.24) is 9.27 Å². The number of nitrogens with zero attached hydrogens (tertiary/aromatic N) is 3. The number of benzene rings is 2. The van der Waals surface area contributed by atoms with E-state index in [2.05, 4.69) is 43.8 Å². The number of nitrogens with one attached hydrogen (secondary N) is 1. The van der Waals surface area contributed by atoms with Crippen molar-refractivity contribution in [3.8, 4) is 0 Å². The quantitative estimate of drug-likeness (QED) is 0.581. The topological polar surface area (TPSA) is 80.0 Å². The summed E-state index contributed by atoms with van der Waals surface area (Å²) < 4.78 is 4.58. The van der Waals surface area contributed by atoms with Crippen LogP contribution in [0, 0.1) is 0 Å². The van der Waals surface area contributed by atoms with Crippen molar-refractivity contribution < 1.29 is 10.3 Å². The largest absolute Gasteiger partial charge is 0.412 e. The zero-order chi connectivity index (χ0) is 19.1. The van der Waals surface area contributed by atoms with Gasteiger partial charge in [-0.1, -0.05) is 29.8 Å². The fourth-order valence-corrected chi connectivity index (χ4v) is 5.22. The normalized spacial score (nSPS) is 16.0. The van der Waals surface area contributed by atoms with Gasteiger partial charge in [-0.15, -0.1) is 17.0 Å². The fourth-order valence-electron chi connectivity index (χ4n) is 4.05. The van der Waals surface area contributed by atoms with Crippen LogP contribution in [-0.2, 0) is 17.6 Å². The van der Waals surface area contributed by atoms with Crippen LogP contribution in [0.1, 0.15) is 11.1 Å². The van der Waals surface area contributed by atoms with Crippen LogP contribution < -0.4 is 10.2 Å². The highest BCUT2D eigenvalue weighted by Crippen LogP contribution is 2.32. The Bertz CT molecular complexity index is 1050. The Labute approximate surface area is 195 Å². The second kappa shape index (κ2) is 9.62. The van der Waals surface area contributed by atoms with Crippen molar-refractivity contribution >= 4 is 67.6 Å². The van der Waals surface area contributed by atoms with E-state index < -0.39 is 0 Å². The molecule has 6 nitrogen and oxygen atoms in total. The molecule has 0 saturated carbocycles. The molecule has 3 N–H and O–H groups in total. The van der Waals surface area contributed by atoms with E-state index in [1.807, 2.05) is 12.1 Å². The van der Waals surface area contributed by atoms with E-state index >= 15 is 0 Å². The second-order valence-electron chi connectivity index (χ2n) is 7.41. The van der Waals surface area contributed by atoms with Crippen LogP contribution in [0.4, 0.5) is 10.7 Å². The van der Waals surface area contributed by atoms with Crippen molar-refractivity contribution in [2.75, 3.05) is 42.9 Å². The van der Waals surface area contributed by atoms with Gasteiger partial charge in [-0.25, -0.2) is 0 Å². The van der Waals surface area contributed by atoms with E-state index in [1.165, 1.54) is 10.4 Å². The lowest BCUT2D eigenvalue weighted by Crippen LogP contribution is -2.46. The predicted molar refractivity (Wildman–Crippen MR) is 130 cm³/mol. The number of hydrogen-bond donors (Lipinski definition) is 1. The van der Waals surface area contributed by atoms with Gasteiger partial charge in [0.25, 0.3) is 0 Å². The van der Waals surface area contributed by atoms with Crippen molar-refractivity contribution in [3.05, 3.63) is 52.5 Å². The van der Waals surface area contributed by atoms with Crippen molar-refractivity contribution in [1.29, 1.82) is 0 Å². The molecular weight excluding hydrogens is 488 g/mol. The highest BCUT2D eigenvalue weighted by Gasteiger charge is 2.22. The summed E-state index contributed by atoms with van der Waals surface area (Å²) in [6.07, 6.45) is 1.37. The maximum Gasteiger partial charge on any atom is 0.228 e. The number of anilines is 2. The first-order valence-corrected chi connectivity index (χ1v) is 10.8. The minimum absolute atomic E-state index is 0. The van der Waals surface area contributed by atoms with Gasteiger partial charge in [0.1, 0.15) is 5.00 Å². The molecule has 1 aromatic heterocycles. The molecule has 0 spiro atoms. The van der Waals surface area contributed by atoms with Gasteiger partial charge in [0.05, 0.1) is 11.9 Å². The zero-order valence-electron chi connectivity index (χ0n) is 16.4. The van der Waals surface area contributed by atoms with Crippen molar-refractivity contribution in [2.24, 2.45) is 0 Å². The lowest BCUT2D eigenvalue weighted by Gasteiger charge is -2.35. The molecule has 2 aromatic carbocycles. The Morgan fingerprint density at radius 1 is 1.13 bits per heavy atom. The first-order valence-electron chi connectivity index (χ1n) is 9.60. The molecule has 2 aliphatic rings. The van der Waals surface area contributed by atoms with E-state index in [4.69, 9.17) is 11.6 Å². The smallest absolute Gasteiger partial charge is 0.228 e. The van der Waals surface area contributed by atoms with Crippen molar-refractivity contribution in [3.63, 3.8) is 0 Å². The number of aromatic nitrogens is 1. The molecule has 9 heteroatoms. The van der Waals surface area contributed by atoms with Crippen LogP contribution in [0.25, 0.3) is 10.9 Å². The van der Waals surface area contributed by atoms with E-state index in [-0.39, 0.29) is 28.4 Å². The third-order valence-electron chi connectivity index (χ3n) is 5.62. The number of fused-ring (bicyclic) bond motifs is 2. The van der Waals surface area contributed by atoms with Gasteiger partial charge in [-0.05, 0) is 47.3 Å². The van der Waals surface area contributed by atoms with Gasteiger partial charge in [-0.2, -0.15) is 4.37 Å². The number of halogens is 2. The zero-order valence-corrected chi connectivity index (χ0v) is 19.6. The first-order chi connectivity index (χ1) is 13.7. The minimum Gasteiger partial charge on any atom is -0.412 e. The Morgan fingerprint density at radius 2 is 1.90 bits per heavy atom. The van der Waals surface area contributed by atoms with Gasteiger partial charge >= 0.3 is 0 Å². The molecule has 30 heavy (non-hydrogen) atoms. The molecule has 160 valence electrons. The minimum atomic E-state index is 0. The monoisotopic (exact) mass is 510 g/mol. The summed E-state index contributed by atoms with van der Waals surface area (Å²) in [5, 5.41) is 6.15. The Hall–Kier alpha value is -1.71. The predicted octanol–water partition coefficient (Wildman–Crippen LogP) is 3.56. The van der Waals surface area contributed by atoms with Gasteiger partial charge in [-0.3, -0.25) is 9.69 Å². The van der Waals surface area contributed by atoms with Crippen LogP contribution in [0.15, 0.2) is 36.4 Å². The number of rotatable bonds is 4. The van der Waals surface area contributed by atoms with Gasteiger partial charge in [0.15, 0.2) is 0 Å². The molecule has 3 heterocycles. The summed E-state index contributed by atoms with van der Waals surface area (Å²) in [5.41, 5.74) is 4.15. The number of piperazine rings is 1. The van der Waals surface area contributed by atoms with Crippen molar-refractivity contribution in [2.45, 2.75) is 12.8 Å². The average Bonchev–Trinajstić information content (AvgIpc) is 3.29. The molecule has 3 aromatic rings. The molecule has 5 rings (SSSR count). The van der Waals surface area contributed by atoms with Gasteiger partial charge in [0, 0.05) is 48.8 Å². The Morgan fingerprint density at radius 3 is 2.70 bits per heavy atom. The fraction of sp³-hybridized carbons (Fsp3) is 0.333. The van der Waals surface area contributed by atoms with E-state index in [0.29, 0.717) is 6.42 Å². The lowest BCUT2D eigenvalue weighted by molar-refractivity contribution is -0.115. The Kier molecular flexibility index (Phi) is 7.36. The van der Waals surface area contributed by atoms with Gasteiger partial charge in [0.2, 0.25) is 5.91 Å². The van der Waals surface area contributed by atoms with Crippen LogP contribution in [0.2, 0.25) is 5.02 Å². The third-order valence-corrected chi connectivity index (χ3v) is 6.91. The summed E-state index contributed by atoms with van der Waals surface area (Å²) in [7, 11) is 0. The highest BCUT2D eigenvalue weighted by molar-refractivity contribution is 8.93. The van der Waals surface area contributed by atoms with Crippen LogP contribution in [0.5, 0.6) is 0 Å². The Balaban J connectivity index is 0.00000128. The second-order valence-corrected chi connectivity index (χ2v) is 8.57. The summed E-state index contributed by atoms with van der Waals surface area (Å²) in [4.78, 5) is 16.5. The lowest BCUT2D eigenvalue weighted by atomic mass is 10.1. The maximum absolute atomic E-state index is 11.6. The molecule has 0 unspecified atom stereocenters. The summed E-state index contributed by atoms with van der Waals surface area (Å²) >= 11 is 8.04. The number of carbonyl (C=O) groups excluding carboxylic acids is 1. The SMILES string of the molecule is Br.O.O=C1Cc2cc(CCN3CCN(c4snc5ccccc45)CC3)c(Cl)cc2N1. The van der Waals surface area contributed by atoms with Crippen LogP contribution in [0.3, 0.4) is 0 Å². The molecule has 0 bridgehead atoms. The van der Waals surface area contributed by atoms with Crippen LogP contribution >= 0.6 is 40.1 Å². The molecule has 1 amide bonds. The standard InChI is InChI=1S/C21H21ClN4OS.BrH.H2O/c22-17-13-19-15(12-20(27)23-19)11-14(17)5-6-25-7-9-26(10-8-25)21-16-3-1-2-4-18(16)24-28-21;;/h1-4,11,13H,5-10,12H2,(H,23,27);1H;1H2. The number of amides is 1. The molecule has 2 aliphatic heterocycles. The van der Waals surface area contributed by atoms with Gasteiger partial charge < -0.3 is 15.7 Å².